The second kappa shape index (κ2) is 11.3. The standard InChI is InChI=1S/C28H29BN2O6/c1-17-22(11-18-12-25(36-3)28(29(33)34)26(13-18)37-4)21-9-8-20(35-2)14-24(21)23(17)15-27(32)31-16-19-7-5-6-10-30-19/h5-14,33-34H,15-16H2,1-4H3,(H,31,32). The van der Waals surface area contributed by atoms with Crippen molar-refractivity contribution in [1.82, 2.24) is 10.3 Å². The van der Waals surface area contributed by atoms with Gasteiger partial charge in [0, 0.05) is 6.20 Å². The summed E-state index contributed by atoms with van der Waals surface area (Å²) in [6, 6.07) is 14.8. The van der Waals surface area contributed by atoms with Gasteiger partial charge in [0.2, 0.25) is 5.91 Å². The third-order valence-corrected chi connectivity index (χ3v) is 6.36. The van der Waals surface area contributed by atoms with Crippen LogP contribution in [0.5, 0.6) is 17.2 Å². The summed E-state index contributed by atoms with van der Waals surface area (Å²) in [5.74, 6) is 1.18. The molecular weight excluding hydrogens is 471 g/mol. The van der Waals surface area contributed by atoms with Gasteiger partial charge in [0.15, 0.2) is 0 Å². The fourth-order valence-corrected chi connectivity index (χ4v) is 4.49. The van der Waals surface area contributed by atoms with Gasteiger partial charge in [-0.2, -0.15) is 0 Å². The molecule has 1 aliphatic rings. The number of carbonyl (C=O) groups is 1. The summed E-state index contributed by atoms with van der Waals surface area (Å²) in [7, 11) is 2.78. The van der Waals surface area contributed by atoms with Crippen molar-refractivity contribution in [3.8, 4) is 17.2 Å². The Balaban J connectivity index is 1.72. The number of pyridine rings is 1. The fourth-order valence-electron chi connectivity index (χ4n) is 4.49. The lowest BCUT2D eigenvalue weighted by atomic mass is 9.78. The molecule has 0 unspecified atom stereocenters. The summed E-state index contributed by atoms with van der Waals surface area (Å²) < 4.78 is 16.3. The number of hydrogen-bond donors (Lipinski definition) is 3. The summed E-state index contributed by atoms with van der Waals surface area (Å²) in [5, 5.41) is 22.5. The Labute approximate surface area is 216 Å². The molecule has 4 rings (SSSR count). The van der Waals surface area contributed by atoms with E-state index >= 15 is 0 Å². The fraction of sp³-hybridized carbons (Fsp3) is 0.214. The first kappa shape index (κ1) is 26.0. The van der Waals surface area contributed by atoms with E-state index < -0.39 is 7.12 Å². The summed E-state index contributed by atoms with van der Waals surface area (Å²) in [6.45, 7) is 2.34. The van der Waals surface area contributed by atoms with Crippen LogP contribution in [0.15, 0.2) is 60.3 Å². The predicted octanol–water partition coefficient (Wildman–Crippen LogP) is 2.82. The van der Waals surface area contributed by atoms with Crippen LogP contribution in [0, 0.1) is 0 Å². The van der Waals surface area contributed by atoms with E-state index in [0.717, 1.165) is 39.1 Å². The lowest BCUT2D eigenvalue weighted by Crippen LogP contribution is -2.32. The largest absolute Gasteiger partial charge is 0.497 e. The number of methoxy groups -OCH3 is 3. The van der Waals surface area contributed by atoms with Gasteiger partial charge in [0.05, 0.1) is 45.5 Å². The minimum absolute atomic E-state index is 0.111. The van der Waals surface area contributed by atoms with Gasteiger partial charge in [0.1, 0.15) is 17.2 Å². The van der Waals surface area contributed by atoms with Crippen molar-refractivity contribution in [1.29, 1.82) is 0 Å². The highest BCUT2D eigenvalue weighted by atomic mass is 16.5. The van der Waals surface area contributed by atoms with E-state index in [1.165, 1.54) is 14.2 Å². The third kappa shape index (κ3) is 5.53. The quantitative estimate of drug-likeness (QED) is 0.388. The summed E-state index contributed by atoms with van der Waals surface area (Å²) >= 11 is 0. The maximum absolute atomic E-state index is 12.9. The van der Waals surface area contributed by atoms with E-state index in [-0.39, 0.29) is 17.8 Å². The smallest absolute Gasteiger partial charge is 0.496 e. The Morgan fingerprint density at radius 1 is 1.00 bits per heavy atom. The van der Waals surface area contributed by atoms with E-state index in [0.29, 0.717) is 23.8 Å². The molecule has 0 atom stereocenters. The maximum atomic E-state index is 12.9. The maximum Gasteiger partial charge on any atom is 0.496 e. The summed E-state index contributed by atoms with van der Waals surface area (Å²) in [5.41, 5.74) is 6.38. The number of benzene rings is 2. The molecule has 37 heavy (non-hydrogen) atoms. The lowest BCUT2D eigenvalue weighted by molar-refractivity contribution is -0.120. The Bertz CT molecular complexity index is 1340. The molecule has 9 heteroatoms. The van der Waals surface area contributed by atoms with Gasteiger partial charge in [-0.3, -0.25) is 9.78 Å². The average molecular weight is 500 g/mol. The molecule has 0 saturated heterocycles. The van der Waals surface area contributed by atoms with Crippen LogP contribution < -0.4 is 25.0 Å². The molecule has 0 fully saturated rings. The van der Waals surface area contributed by atoms with Gasteiger partial charge >= 0.3 is 7.12 Å². The van der Waals surface area contributed by atoms with Crippen molar-refractivity contribution < 1.29 is 29.1 Å². The number of nitrogens with one attached hydrogen (secondary N) is 1. The second-order valence-corrected chi connectivity index (χ2v) is 8.56. The highest BCUT2D eigenvalue weighted by molar-refractivity contribution is 6.61. The Kier molecular flexibility index (Phi) is 7.96. The van der Waals surface area contributed by atoms with Crippen LogP contribution in [0.2, 0.25) is 0 Å². The van der Waals surface area contributed by atoms with Crippen molar-refractivity contribution in [2.45, 2.75) is 19.9 Å². The average Bonchev–Trinajstić information content (AvgIpc) is 3.16. The predicted molar refractivity (Wildman–Crippen MR) is 144 cm³/mol. The molecule has 1 aromatic heterocycles. The number of ether oxygens (including phenoxy) is 3. The SMILES string of the molecule is COc1ccc2c(c1)C(CC(=O)NCc1ccccn1)=C(C)C2=Cc1cc(OC)c(B(O)O)c(OC)c1. The van der Waals surface area contributed by atoms with Crippen LogP contribution in [0.3, 0.4) is 0 Å². The molecular formula is C28H29BN2O6. The number of aromatic nitrogens is 1. The van der Waals surface area contributed by atoms with E-state index in [2.05, 4.69) is 10.3 Å². The molecule has 1 heterocycles. The van der Waals surface area contributed by atoms with E-state index in [1.54, 1.807) is 25.4 Å². The van der Waals surface area contributed by atoms with E-state index in [9.17, 15) is 14.8 Å². The van der Waals surface area contributed by atoms with Gasteiger partial charge in [-0.25, -0.2) is 0 Å². The van der Waals surface area contributed by atoms with Crippen molar-refractivity contribution in [2.24, 2.45) is 0 Å². The van der Waals surface area contributed by atoms with E-state index in [1.807, 2.05) is 49.4 Å². The molecule has 3 aromatic rings. The Morgan fingerprint density at radius 2 is 1.73 bits per heavy atom. The van der Waals surface area contributed by atoms with Crippen LogP contribution in [0.1, 0.15) is 35.7 Å². The van der Waals surface area contributed by atoms with Crippen LogP contribution in [0.4, 0.5) is 0 Å². The van der Waals surface area contributed by atoms with Gasteiger partial charge in [0.25, 0.3) is 0 Å². The molecule has 8 nitrogen and oxygen atoms in total. The van der Waals surface area contributed by atoms with Crippen LogP contribution in [-0.4, -0.2) is 49.4 Å². The van der Waals surface area contributed by atoms with Crippen LogP contribution in [0.25, 0.3) is 17.2 Å². The van der Waals surface area contributed by atoms with Gasteiger partial charge < -0.3 is 29.6 Å². The second-order valence-electron chi connectivity index (χ2n) is 8.56. The zero-order chi connectivity index (χ0) is 26.5. The number of rotatable bonds is 9. The molecule has 1 amide bonds. The van der Waals surface area contributed by atoms with Gasteiger partial charge in [-0.15, -0.1) is 0 Å². The number of carbonyl (C=O) groups excluding carboxylic acids is 1. The minimum Gasteiger partial charge on any atom is -0.497 e. The molecule has 0 bridgehead atoms. The highest BCUT2D eigenvalue weighted by Crippen LogP contribution is 2.45. The normalized spacial score (nSPS) is 13.4. The monoisotopic (exact) mass is 500 g/mol. The number of nitrogens with zero attached hydrogens (tertiary/aromatic N) is 1. The van der Waals surface area contributed by atoms with Crippen molar-refractivity contribution in [3.63, 3.8) is 0 Å². The van der Waals surface area contributed by atoms with E-state index in [4.69, 9.17) is 14.2 Å². The number of fused-ring (bicyclic) bond motifs is 1. The topological polar surface area (TPSA) is 110 Å². The zero-order valence-corrected chi connectivity index (χ0v) is 21.2. The van der Waals surface area contributed by atoms with Gasteiger partial charge in [-0.1, -0.05) is 12.1 Å². The highest BCUT2D eigenvalue weighted by Gasteiger charge is 2.27. The molecule has 0 saturated carbocycles. The van der Waals surface area contributed by atoms with Crippen LogP contribution >= 0.6 is 0 Å². The Hall–Kier alpha value is -4.08. The van der Waals surface area contributed by atoms with Crippen molar-refractivity contribution in [2.75, 3.05) is 21.3 Å². The van der Waals surface area contributed by atoms with Gasteiger partial charge in [-0.05, 0) is 82.8 Å². The number of hydrogen-bond acceptors (Lipinski definition) is 7. The molecule has 0 spiro atoms. The molecule has 190 valence electrons. The Morgan fingerprint density at radius 3 is 2.32 bits per heavy atom. The lowest BCUT2D eigenvalue weighted by Gasteiger charge is -2.14. The first-order valence-corrected chi connectivity index (χ1v) is 11.8. The molecule has 0 radical (unpaired) electrons. The zero-order valence-electron chi connectivity index (χ0n) is 21.2. The molecule has 1 aliphatic carbocycles. The number of amides is 1. The van der Waals surface area contributed by atoms with Crippen LogP contribution in [-0.2, 0) is 11.3 Å². The molecule has 3 N–H and O–H groups in total. The summed E-state index contributed by atoms with van der Waals surface area (Å²) in [6.07, 6.45) is 3.86. The number of allylic oxidation sites excluding steroid dienone is 2. The summed E-state index contributed by atoms with van der Waals surface area (Å²) in [4.78, 5) is 17.2. The third-order valence-electron chi connectivity index (χ3n) is 6.36. The van der Waals surface area contributed by atoms with Crippen molar-refractivity contribution in [3.05, 3.63) is 82.7 Å². The minimum atomic E-state index is -1.75. The first-order chi connectivity index (χ1) is 17.9. The first-order valence-electron chi connectivity index (χ1n) is 11.8. The van der Waals surface area contributed by atoms with Crippen molar-refractivity contribution >= 4 is 35.7 Å². The molecule has 2 aromatic carbocycles. The molecule has 0 aliphatic heterocycles.